The minimum absolute atomic E-state index is 0.479. The second-order valence-electron chi connectivity index (χ2n) is 7.90. The second-order valence-corrected chi connectivity index (χ2v) is 7.90. The topological polar surface area (TPSA) is 35.5 Å². The molecule has 2 aliphatic heterocycles. The van der Waals surface area contributed by atoms with Gasteiger partial charge >= 0.3 is 0 Å². The summed E-state index contributed by atoms with van der Waals surface area (Å²) < 4.78 is 0. The van der Waals surface area contributed by atoms with Crippen LogP contribution in [0.1, 0.15) is 49.8 Å². The monoisotopic (exact) mass is 350 g/mol. The SMILES string of the molecule is C[C@@H](c1cccc(-c2ccc(C3(O)CCNCC3)cc2)c1)N1CCCC1. The summed E-state index contributed by atoms with van der Waals surface area (Å²) >= 11 is 0. The molecule has 2 fully saturated rings. The summed E-state index contributed by atoms with van der Waals surface area (Å²) in [7, 11) is 0. The van der Waals surface area contributed by atoms with Gasteiger partial charge in [-0.15, -0.1) is 0 Å². The highest BCUT2D eigenvalue weighted by atomic mass is 16.3. The van der Waals surface area contributed by atoms with Gasteiger partial charge in [-0.2, -0.15) is 0 Å². The van der Waals surface area contributed by atoms with Gasteiger partial charge in [-0.1, -0.05) is 42.5 Å². The zero-order chi connectivity index (χ0) is 18.0. The first-order chi connectivity index (χ1) is 12.7. The summed E-state index contributed by atoms with van der Waals surface area (Å²) in [6.07, 6.45) is 4.22. The normalized spacial score (nSPS) is 21.6. The van der Waals surface area contributed by atoms with E-state index in [-0.39, 0.29) is 0 Å². The van der Waals surface area contributed by atoms with Gasteiger partial charge in [0.25, 0.3) is 0 Å². The fraction of sp³-hybridized carbons (Fsp3) is 0.478. The van der Waals surface area contributed by atoms with Gasteiger partial charge in [-0.3, -0.25) is 4.90 Å². The van der Waals surface area contributed by atoms with Crippen molar-refractivity contribution in [2.75, 3.05) is 26.2 Å². The minimum atomic E-state index is -0.671. The van der Waals surface area contributed by atoms with Crippen molar-refractivity contribution < 1.29 is 5.11 Å². The van der Waals surface area contributed by atoms with Gasteiger partial charge in [0.2, 0.25) is 0 Å². The maximum atomic E-state index is 10.9. The van der Waals surface area contributed by atoms with Crippen molar-refractivity contribution in [3.05, 3.63) is 59.7 Å². The number of piperidine rings is 1. The smallest absolute Gasteiger partial charge is 0.0920 e. The van der Waals surface area contributed by atoms with Crippen molar-refractivity contribution in [2.24, 2.45) is 0 Å². The van der Waals surface area contributed by atoms with Gasteiger partial charge in [0.15, 0.2) is 0 Å². The molecule has 2 aromatic rings. The third kappa shape index (κ3) is 3.57. The van der Waals surface area contributed by atoms with Crippen molar-refractivity contribution in [2.45, 2.75) is 44.2 Å². The molecule has 1 atom stereocenters. The van der Waals surface area contributed by atoms with E-state index in [4.69, 9.17) is 0 Å². The van der Waals surface area contributed by atoms with E-state index in [1.54, 1.807) is 0 Å². The Bertz CT molecular complexity index is 728. The Hall–Kier alpha value is -1.68. The maximum absolute atomic E-state index is 10.9. The predicted octanol–water partition coefficient (Wildman–Crippen LogP) is 4.08. The molecule has 2 aliphatic rings. The van der Waals surface area contributed by atoms with Crippen molar-refractivity contribution >= 4 is 0 Å². The van der Waals surface area contributed by atoms with Crippen molar-refractivity contribution in [1.29, 1.82) is 0 Å². The first-order valence-electron chi connectivity index (χ1n) is 10.0. The third-order valence-corrected chi connectivity index (χ3v) is 6.24. The van der Waals surface area contributed by atoms with Crippen LogP contribution < -0.4 is 5.32 Å². The highest BCUT2D eigenvalue weighted by Gasteiger charge is 2.30. The van der Waals surface area contributed by atoms with Gasteiger partial charge in [0.05, 0.1) is 5.60 Å². The first-order valence-corrected chi connectivity index (χ1v) is 10.0. The van der Waals surface area contributed by atoms with Crippen LogP contribution in [0.5, 0.6) is 0 Å². The summed E-state index contributed by atoms with van der Waals surface area (Å²) in [5.74, 6) is 0. The molecule has 3 nitrogen and oxygen atoms in total. The number of likely N-dealkylation sites (tertiary alicyclic amines) is 1. The summed E-state index contributed by atoms with van der Waals surface area (Å²) in [4.78, 5) is 2.58. The molecule has 26 heavy (non-hydrogen) atoms. The minimum Gasteiger partial charge on any atom is -0.385 e. The number of hydrogen-bond acceptors (Lipinski definition) is 3. The van der Waals surface area contributed by atoms with Crippen LogP contribution in [0.4, 0.5) is 0 Å². The zero-order valence-electron chi connectivity index (χ0n) is 15.7. The lowest BCUT2D eigenvalue weighted by Crippen LogP contribution is -2.39. The van der Waals surface area contributed by atoms with Crippen LogP contribution in [0, 0.1) is 0 Å². The third-order valence-electron chi connectivity index (χ3n) is 6.24. The standard InChI is InChI=1S/C23H30N2O/c1-18(25-15-2-3-16-25)20-5-4-6-21(17-20)19-7-9-22(10-8-19)23(26)11-13-24-14-12-23/h4-10,17-18,24,26H,2-3,11-16H2,1H3/t18-/m0/s1. The van der Waals surface area contributed by atoms with Gasteiger partial charge in [0.1, 0.15) is 0 Å². The summed E-state index contributed by atoms with van der Waals surface area (Å²) in [5, 5.41) is 14.2. The largest absolute Gasteiger partial charge is 0.385 e. The van der Waals surface area contributed by atoms with E-state index in [0.717, 1.165) is 31.5 Å². The fourth-order valence-corrected chi connectivity index (χ4v) is 4.42. The summed E-state index contributed by atoms with van der Waals surface area (Å²) in [6.45, 7) is 6.52. The molecule has 2 heterocycles. The lowest BCUT2D eigenvalue weighted by Gasteiger charge is -2.33. The zero-order valence-corrected chi connectivity index (χ0v) is 15.7. The van der Waals surface area contributed by atoms with Crippen molar-refractivity contribution in [1.82, 2.24) is 10.2 Å². The van der Waals surface area contributed by atoms with E-state index in [9.17, 15) is 5.11 Å². The molecule has 0 aromatic heterocycles. The van der Waals surface area contributed by atoms with Gasteiger partial charge in [0, 0.05) is 6.04 Å². The number of aliphatic hydroxyl groups is 1. The number of nitrogens with one attached hydrogen (secondary N) is 1. The Balaban J connectivity index is 1.55. The van der Waals surface area contributed by atoms with Crippen LogP contribution in [0.3, 0.4) is 0 Å². The van der Waals surface area contributed by atoms with E-state index in [1.807, 2.05) is 0 Å². The quantitative estimate of drug-likeness (QED) is 0.872. The van der Waals surface area contributed by atoms with Crippen LogP contribution in [0.25, 0.3) is 11.1 Å². The molecule has 0 bridgehead atoms. The van der Waals surface area contributed by atoms with Crippen LogP contribution in [-0.2, 0) is 5.60 Å². The van der Waals surface area contributed by atoms with Gasteiger partial charge < -0.3 is 10.4 Å². The highest BCUT2D eigenvalue weighted by Crippen LogP contribution is 2.33. The fourth-order valence-electron chi connectivity index (χ4n) is 4.42. The molecule has 0 unspecified atom stereocenters. The number of benzene rings is 2. The van der Waals surface area contributed by atoms with E-state index in [2.05, 4.69) is 65.7 Å². The molecule has 0 radical (unpaired) electrons. The van der Waals surface area contributed by atoms with E-state index < -0.39 is 5.60 Å². The lowest BCUT2D eigenvalue weighted by molar-refractivity contribution is 0.00595. The molecule has 0 saturated carbocycles. The predicted molar refractivity (Wildman–Crippen MR) is 107 cm³/mol. The van der Waals surface area contributed by atoms with Crippen molar-refractivity contribution in [3.8, 4) is 11.1 Å². The highest BCUT2D eigenvalue weighted by molar-refractivity contribution is 5.64. The Morgan fingerprint density at radius 2 is 1.65 bits per heavy atom. The second kappa shape index (κ2) is 7.51. The molecule has 2 aromatic carbocycles. The molecule has 0 spiro atoms. The molecule has 138 valence electrons. The molecular weight excluding hydrogens is 320 g/mol. The number of rotatable bonds is 4. The van der Waals surface area contributed by atoms with Crippen molar-refractivity contribution in [3.63, 3.8) is 0 Å². The number of hydrogen-bond donors (Lipinski definition) is 2. The molecule has 0 amide bonds. The van der Waals surface area contributed by atoms with Gasteiger partial charge in [-0.25, -0.2) is 0 Å². The maximum Gasteiger partial charge on any atom is 0.0920 e. The molecular formula is C23H30N2O. The Kier molecular flexibility index (Phi) is 5.12. The molecule has 2 N–H and O–H groups in total. The summed E-state index contributed by atoms with van der Waals surface area (Å²) in [6, 6.07) is 18.0. The van der Waals surface area contributed by atoms with Crippen LogP contribution in [-0.4, -0.2) is 36.2 Å². The van der Waals surface area contributed by atoms with E-state index in [0.29, 0.717) is 6.04 Å². The van der Waals surface area contributed by atoms with Crippen LogP contribution in [0.15, 0.2) is 48.5 Å². The number of nitrogens with zero attached hydrogens (tertiary/aromatic N) is 1. The Morgan fingerprint density at radius 1 is 0.962 bits per heavy atom. The first kappa shape index (κ1) is 17.7. The van der Waals surface area contributed by atoms with E-state index >= 15 is 0 Å². The van der Waals surface area contributed by atoms with Gasteiger partial charge in [-0.05, 0) is 87.1 Å². The Labute approximate surface area is 157 Å². The van der Waals surface area contributed by atoms with Crippen LogP contribution >= 0.6 is 0 Å². The molecule has 4 rings (SSSR count). The molecule has 2 saturated heterocycles. The Morgan fingerprint density at radius 3 is 2.35 bits per heavy atom. The summed E-state index contributed by atoms with van der Waals surface area (Å²) in [5.41, 5.74) is 4.25. The molecule has 0 aliphatic carbocycles. The lowest BCUT2D eigenvalue weighted by atomic mass is 9.84. The average molecular weight is 351 g/mol. The molecule has 3 heteroatoms. The average Bonchev–Trinajstić information content (AvgIpc) is 3.23. The van der Waals surface area contributed by atoms with Crippen LogP contribution in [0.2, 0.25) is 0 Å². The van der Waals surface area contributed by atoms with E-state index in [1.165, 1.54) is 42.6 Å².